The molecule has 98 valence electrons. The lowest BCUT2D eigenvalue weighted by atomic mass is 9.97. The van der Waals surface area contributed by atoms with Gasteiger partial charge < -0.3 is 0 Å². The topological polar surface area (TPSA) is 0 Å². The zero-order chi connectivity index (χ0) is 13.9. The van der Waals surface area contributed by atoms with Gasteiger partial charge in [0.05, 0.1) is 0 Å². The molecule has 0 aliphatic carbocycles. The van der Waals surface area contributed by atoms with E-state index in [0.717, 1.165) is 0 Å². The minimum Gasteiger partial charge on any atom is -0.0620 e. The summed E-state index contributed by atoms with van der Waals surface area (Å²) >= 11 is 0. The minimum absolute atomic E-state index is 1.27. The first-order valence-corrected chi connectivity index (χ1v) is 6.97. The largest absolute Gasteiger partial charge is 0.0620 e. The van der Waals surface area contributed by atoms with E-state index < -0.39 is 0 Å². The summed E-state index contributed by atoms with van der Waals surface area (Å²) in [7, 11) is 0. The predicted octanol–water partition coefficient (Wildman–Crippen LogP) is 5.64. The van der Waals surface area contributed by atoms with E-state index in [-0.39, 0.29) is 0 Å². The van der Waals surface area contributed by atoms with Crippen LogP contribution in [-0.2, 0) is 0 Å². The zero-order valence-corrected chi connectivity index (χ0v) is 11.9. The third-order valence-electron chi connectivity index (χ3n) is 3.69. The van der Waals surface area contributed by atoms with Crippen molar-refractivity contribution in [2.75, 3.05) is 0 Å². The quantitative estimate of drug-likeness (QED) is 0.558. The number of aryl methyl sites for hydroxylation is 2. The van der Waals surface area contributed by atoms with Crippen LogP contribution in [0.5, 0.6) is 0 Å². The van der Waals surface area contributed by atoms with Gasteiger partial charge in [-0.1, -0.05) is 78.4 Å². The summed E-state index contributed by atoms with van der Waals surface area (Å²) in [4.78, 5) is 0. The molecule has 0 aliphatic rings. The molecular formula is C20H18. The van der Waals surface area contributed by atoms with Crippen LogP contribution in [0.1, 0.15) is 11.1 Å². The molecule has 3 aromatic carbocycles. The average Bonchev–Trinajstić information content (AvgIpc) is 2.48. The molecule has 0 aromatic heterocycles. The second kappa shape index (κ2) is 5.34. The summed E-state index contributed by atoms with van der Waals surface area (Å²) in [6.07, 6.45) is 0. The lowest BCUT2D eigenvalue weighted by molar-refractivity contribution is 1.45. The van der Waals surface area contributed by atoms with Gasteiger partial charge >= 0.3 is 0 Å². The average molecular weight is 258 g/mol. The van der Waals surface area contributed by atoms with Crippen LogP contribution in [0.4, 0.5) is 0 Å². The third kappa shape index (κ3) is 2.50. The highest BCUT2D eigenvalue weighted by Gasteiger charge is 2.02. The highest BCUT2D eigenvalue weighted by molar-refractivity contribution is 5.72. The molecule has 0 fully saturated rings. The SMILES string of the molecule is Cc1cccc(-c2ccc(-c3ccccc3C)cc2)c1. The molecule has 0 bridgehead atoms. The van der Waals surface area contributed by atoms with E-state index in [1.165, 1.54) is 33.4 Å². The maximum absolute atomic E-state index is 2.22. The molecule has 0 N–H and O–H groups in total. The highest BCUT2D eigenvalue weighted by Crippen LogP contribution is 2.27. The van der Waals surface area contributed by atoms with Gasteiger partial charge in [-0.15, -0.1) is 0 Å². The van der Waals surface area contributed by atoms with Gasteiger partial charge in [0, 0.05) is 0 Å². The van der Waals surface area contributed by atoms with E-state index in [2.05, 4.69) is 86.6 Å². The Labute approximate surface area is 120 Å². The summed E-state index contributed by atoms with van der Waals surface area (Å²) in [6, 6.07) is 26.0. The maximum atomic E-state index is 2.22. The van der Waals surface area contributed by atoms with Crippen LogP contribution in [0.15, 0.2) is 72.8 Å². The molecule has 0 heteroatoms. The van der Waals surface area contributed by atoms with Crippen LogP contribution >= 0.6 is 0 Å². The molecule has 0 radical (unpaired) electrons. The van der Waals surface area contributed by atoms with Gasteiger partial charge in [-0.25, -0.2) is 0 Å². The van der Waals surface area contributed by atoms with Crippen molar-refractivity contribution in [1.82, 2.24) is 0 Å². The van der Waals surface area contributed by atoms with Gasteiger partial charge in [0.2, 0.25) is 0 Å². The standard InChI is InChI=1S/C20H18/c1-15-6-5-8-19(14-15)17-10-12-18(13-11-17)20-9-4-3-7-16(20)2/h3-14H,1-2H3. The van der Waals surface area contributed by atoms with Crippen LogP contribution in [0.3, 0.4) is 0 Å². The lowest BCUT2D eigenvalue weighted by Crippen LogP contribution is -1.84. The summed E-state index contributed by atoms with van der Waals surface area (Å²) < 4.78 is 0. The van der Waals surface area contributed by atoms with Crippen molar-refractivity contribution in [1.29, 1.82) is 0 Å². The van der Waals surface area contributed by atoms with E-state index in [9.17, 15) is 0 Å². The molecule has 20 heavy (non-hydrogen) atoms. The van der Waals surface area contributed by atoms with E-state index in [1.54, 1.807) is 0 Å². The number of benzene rings is 3. The first-order valence-electron chi connectivity index (χ1n) is 6.97. The van der Waals surface area contributed by atoms with Crippen molar-refractivity contribution in [3.8, 4) is 22.3 Å². The van der Waals surface area contributed by atoms with Gasteiger partial charge in [-0.3, -0.25) is 0 Å². The maximum Gasteiger partial charge on any atom is -0.0155 e. The molecule has 0 aliphatic heterocycles. The number of rotatable bonds is 2. The van der Waals surface area contributed by atoms with Gasteiger partial charge in [-0.2, -0.15) is 0 Å². The fourth-order valence-electron chi connectivity index (χ4n) is 2.56. The molecule has 0 spiro atoms. The van der Waals surface area contributed by atoms with Crippen LogP contribution in [0, 0.1) is 13.8 Å². The van der Waals surface area contributed by atoms with Crippen molar-refractivity contribution in [3.05, 3.63) is 83.9 Å². The van der Waals surface area contributed by atoms with E-state index in [4.69, 9.17) is 0 Å². The predicted molar refractivity (Wildman–Crippen MR) is 86.8 cm³/mol. The summed E-state index contributed by atoms with van der Waals surface area (Å²) in [6.45, 7) is 4.29. The normalized spacial score (nSPS) is 10.5. The Morgan fingerprint density at radius 3 is 1.95 bits per heavy atom. The third-order valence-corrected chi connectivity index (χ3v) is 3.69. The van der Waals surface area contributed by atoms with Gasteiger partial charge in [-0.05, 0) is 41.7 Å². The fraction of sp³-hybridized carbons (Fsp3) is 0.100. The van der Waals surface area contributed by atoms with Gasteiger partial charge in [0.1, 0.15) is 0 Å². The van der Waals surface area contributed by atoms with Crippen molar-refractivity contribution >= 4 is 0 Å². The van der Waals surface area contributed by atoms with Crippen LogP contribution in [-0.4, -0.2) is 0 Å². The van der Waals surface area contributed by atoms with Crippen LogP contribution in [0.2, 0.25) is 0 Å². The Hall–Kier alpha value is -2.34. The van der Waals surface area contributed by atoms with E-state index in [1.807, 2.05) is 0 Å². The van der Waals surface area contributed by atoms with E-state index in [0.29, 0.717) is 0 Å². The Balaban J connectivity index is 1.98. The Morgan fingerprint density at radius 2 is 1.25 bits per heavy atom. The van der Waals surface area contributed by atoms with Gasteiger partial charge in [0.25, 0.3) is 0 Å². The summed E-state index contributed by atoms with van der Waals surface area (Å²) in [5.74, 6) is 0. The molecule has 0 amide bonds. The fourth-order valence-corrected chi connectivity index (χ4v) is 2.56. The van der Waals surface area contributed by atoms with Crippen molar-refractivity contribution < 1.29 is 0 Å². The monoisotopic (exact) mass is 258 g/mol. The molecular weight excluding hydrogens is 240 g/mol. The van der Waals surface area contributed by atoms with Crippen molar-refractivity contribution in [3.63, 3.8) is 0 Å². The summed E-state index contributed by atoms with van der Waals surface area (Å²) in [5.41, 5.74) is 7.75. The van der Waals surface area contributed by atoms with Crippen LogP contribution in [0.25, 0.3) is 22.3 Å². The minimum atomic E-state index is 1.27. The Morgan fingerprint density at radius 1 is 0.550 bits per heavy atom. The molecule has 0 saturated heterocycles. The van der Waals surface area contributed by atoms with Crippen molar-refractivity contribution in [2.24, 2.45) is 0 Å². The summed E-state index contributed by atoms with van der Waals surface area (Å²) in [5, 5.41) is 0. The molecule has 3 rings (SSSR count). The molecule has 0 saturated carbocycles. The zero-order valence-electron chi connectivity index (χ0n) is 11.9. The molecule has 0 atom stereocenters. The molecule has 0 heterocycles. The molecule has 0 nitrogen and oxygen atoms in total. The number of hydrogen-bond acceptors (Lipinski definition) is 0. The van der Waals surface area contributed by atoms with Gasteiger partial charge in [0.15, 0.2) is 0 Å². The van der Waals surface area contributed by atoms with Crippen molar-refractivity contribution in [2.45, 2.75) is 13.8 Å². The smallest absolute Gasteiger partial charge is 0.0155 e. The Kier molecular flexibility index (Phi) is 3.39. The first kappa shape index (κ1) is 12.7. The second-order valence-electron chi connectivity index (χ2n) is 5.26. The highest BCUT2D eigenvalue weighted by atomic mass is 14.1. The molecule has 0 unspecified atom stereocenters. The first-order chi connectivity index (χ1) is 9.74. The number of hydrogen-bond donors (Lipinski definition) is 0. The molecule has 3 aromatic rings. The second-order valence-corrected chi connectivity index (χ2v) is 5.26. The van der Waals surface area contributed by atoms with Crippen LogP contribution < -0.4 is 0 Å². The lowest BCUT2D eigenvalue weighted by Gasteiger charge is -2.08. The Bertz CT molecular complexity index is 721. The van der Waals surface area contributed by atoms with E-state index >= 15 is 0 Å².